The van der Waals surface area contributed by atoms with Crippen molar-refractivity contribution in [3.8, 4) is 5.75 Å². The van der Waals surface area contributed by atoms with Crippen LogP contribution in [-0.4, -0.2) is 5.97 Å². The van der Waals surface area contributed by atoms with E-state index in [4.69, 9.17) is 9.47 Å². The van der Waals surface area contributed by atoms with E-state index in [2.05, 4.69) is 0 Å². The predicted octanol–water partition coefficient (Wildman–Crippen LogP) is 2.93. The van der Waals surface area contributed by atoms with Gasteiger partial charge in [-0.25, -0.2) is 4.79 Å². The summed E-state index contributed by atoms with van der Waals surface area (Å²) in [5.41, 5.74) is 1.36. The Morgan fingerprint density at radius 2 is 1.65 bits per heavy atom. The largest absolute Gasteiger partial charge is 0.450 e. The first-order chi connectivity index (χ1) is 8.34. The summed E-state index contributed by atoms with van der Waals surface area (Å²) in [6.07, 6.45) is -0.638. The molecule has 0 aliphatic carbocycles. The van der Waals surface area contributed by atoms with Crippen LogP contribution in [0.1, 0.15) is 22.2 Å². The molecule has 84 valence electrons. The highest BCUT2D eigenvalue weighted by molar-refractivity contribution is 5.93. The Morgan fingerprint density at radius 1 is 0.941 bits per heavy atom. The highest BCUT2D eigenvalue weighted by Crippen LogP contribution is 2.32. The molecule has 1 atom stereocenters. The molecule has 2 aromatic carbocycles. The van der Waals surface area contributed by atoms with Crippen LogP contribution in [0.2, 0.25) is 0 Å². The summed E-state index contributed by atoms with van der Waals surface area (Å²) in [5, 5.41) is 0. The molecule has 3 nitrogen and oxygen atoms in total. The second-order valence-corrected chi connectivity index (χ2v) is 3.76. The lowest BCUT2D eigenvalue weighted by Crippen LogP contribution is -2.06. The molecule has 1 unspecified atom stereocenters. The minimum atomic E-state index is -0.638. The van der Waals surface area contributed by atoms with Crippen LogP contribution in [-0.2, 0) is 4.74 Å². The summed E-state index contributed by atoms with van der Waals surface area (Å²) in [7, 11) is 0. The van der Waals surface area contributed by atoms with Crippen molar-refractivity contribution in [3.63, 3.8) is 0 Å². The van der Waals surface area contributed by atoms with Gasteiger partial charge in [-0.3, -0.25) is 0 Å². The van der Waals surface area contributed by atoms with Gasteiger partial charge in [-0.1, -0.05) is 36.4 Å². The molecule has 0 fully saturated rings. The number of ether oxygens (including phenoxy) is 2. The normalized spacial score (nSPS) is 17.4. The van der Waals surface area contributed by atoms with Crippen LogP contribution in [0.4, 0.5) is 0 Å². The van der Waals surface area contributed by atoms with E-state index < -0.39 is 6.29 Å². The first-order valence-electron chi connectivity index (χ1n) is 5.36. The summed E-state index contributed by atoms with van der Waals surface area (Å²) in [6.45, 7) is 0. The van der Waals surface area contributed by atoms with Crippen LogP contribution in [0.3, 0.4) is 0 Å². The lowest BCUT2D eigenvalue weighted by Gasteiger charge is -2.13. The third-order valence-electron chi connectivity index (χ3n) is 2.64. The van der Waals surface area contributed by atoms with Gasteiger partial charge >= 0.3 is 5.97 Å². The van der Waals surface area contributed by atoms with E-state index in [1.54, 1.807) is 6.07 Å². The summed E-state index contributed by atoms with van der Waals surface area (Å²) in [4.78, 5) is 11.6. The van der Waals surface area contributed by atoms with Crippen molar-refractivity contribution in [2.75, 3.05) is 0 Å². The average Bonchev–Trinajstić information content (AvgIpc) is 2.69. The minimum Gasteiger partial charge on any atom is -0.450 e. The smallest absolute Gasteiger partial charge is 0.342 e. The molecule has 17 heavy (non-hydrogen) atoms. The molecule has 3 rings (SSSR count). The van der Waals surface area contributed by atoms with Gasteiger partial charge in [0, 0.05) is 5.56 Å². The Balaban J connectivity index is 1.90. The average molecular weight is 226 g/mol. The summed E-state index contributed by atoms with van der Waals surface area (Å²) in [5.74, 6) is 0.350. The minimum absolute atomic E-state index is 0.332. The zero-order valence-electron chi connectivity index (χ0n) is 9.00. The van der Waals surface area contributed by atoms with Crippen LogP contribution in [0, 0.1) is 0 Å². The topological polar surface area (TPSA) is 35.5 Å². The number of benzene rings is 2. The van der Waals surface area contributed by atoms with E-state index in [0.717, 1.165) is 5.56 Å². The van der Waals surface area contributed by atoms with E-state index in [1.807, 2.05) is 48.5 Å². The van der Waals surface area contributed by atoms with Crippen LogP contribution in [0.25, 0.3) is 0 Å². The van der Waals surface area contributed by atoms with Gasteiger partial charge in [-0.15, -0.1) is 0 Å². The van der Waals surface area contributed by atoms with Crippen molar-refractivity contribution in [1.29, 1.82) is 0 Å². The maximum atomic E-state index is 11.6. The molecule has 3 heteroatoms. The van der Waals surface area contributed by atoms with Crippen molar-refractivity contribution in [1.82, 2.24) is 0 Å². The molecule has 1 heterocycles. The molecule has 0 aromatic heterocycles. The van der Waals surface area contributed by atoms with Crippen molar-refractivity contribution in [3.05, 3.63) is 65.7 Å². The quantitative estimate of drug-likeness (QED) is 0.738. The van der Waals surface area contributed by atoms with Crippen LogP contribution in [0.5, 0.6) is 5.75 Å². The summed E-state index contributed by atoms with van der Waals surface area (Å²) in [6, 6.07) is 16.6. The first-order valence-corrected chi connectivity index (χ1v) is 5.36. The number of carbonyl (C=O) groups excluding carboxylic acids is 1. The first kappa shape index (κ1) is 9.90. The van der Waals surface area contributed by atoms with Crippen LogP contribution >= 0.6 is 0 Å². The van der Waals surface area contributed by atoms with Crippen molar-refractivity contribution in [2.24, 2.45) is 0 Å². The fourth-order valence-electron chi connectivity index (χ4n) is 1.82. The number of hydrogen-bond acceptors (Lipinski definition) is 3. The molecule has 0 spiro atoms. The van der Waals surface area contributed by atoms with Crippen LogP contribution in [0.15, 0.2) is 54.6 Å². The molecule has 0 saturated carbocycles. The molecule has 2 aromatic rings. The summed E-state index contributed by atoms with van der Waals surface area (Å²) >= 11 is 0. The van der Waals surface area contributed by atoms with Gasteiger partial charge in [0.1, 0.15) is 5.75 Å². The highest BCUT2D eigenvalue weighted by atomic mass is 16.7. The van der Waals surface area contributed by atoms with Gasteiger partial charge in [0.15, 0.2) is 0 Å². The monoisotopic (exact) mass is 226 g/mol. The Hall–Kier alpha value is -2.29. The Labute approximate surface area is 98.6 Å². The van der Waals surface area contributed by atoms with Gasteiger partial charge in [-0.05, 0) is 18.2 Å². The molecule has 0 radical (unpaired) electrons. The molecule has 0 bridgehead atoms. The van der Waals surface area contributed by atoms with Gasteiger partial charge in [0.25, 0.3) is 6.29 Å². The fraction of sp³-hybridized carbons (Fsp3) is 0.0714. The van der Waals surface area contributed by atoms with Gasteiger partial charge < -0.3 is 9.47 Å². The SMILES string of the molecule is O=C1OC(Oc2ccccc2)c2ccccc21. The zero-order valence-corrected chi connectivity index (χ0v) is 9.00. The number of rotatable bonds is 2. The van der Waals surface area contributed by atoms with E-state index in [-0.39, 0.29) is 5.97 Å². The second kappa shape index (κ2) is 3.94. The third kappa shape index (κ3) is 1.76. The third-order valence-corrected chi connectivity index (χ3v) is 2.64. The van der Waals surface area contributed by atoms with Crippen LogP contribution < -0.4 is 4.74 Å². The molecule has 0 N–H and O–H groups in total. The van der Waals surface area contributed by atoms with Crippen molar-refractivity contribution in [2.45, 2.75) is 6.29 Å². The van der Waals surface area contributed by atoms with Gasteiger partial charge in [-0.2, -0.15) is 0 Å². The molecular weight excluding hydrogens is 216 g/mol. The van der Waals surface area contributed by atoms with Gasteiger partial charge in [0.05, 0.1) is 5.56 Å². The van der Waals surface area contributed by atoms with E-state index in [9.17, 15) is 4.79 Å². The lowest BCUT2D eigenvalue weighted by molar-refractivity contribution is -0.0381. The predicted molar refractivity (Wildman–Crippen MR) is 61.7 cm³/mol. The number of cyclic esters (lactones) is 1. The van der Waals surface area contributed by atoms with Crippen molar-refractivity contribution < 1.29 is 14.3 Å². The Kier molecular flexibility index (Phi) is 2.29. The Morgan fingerprint density at radius 3 is 2.47 bits per heavy atom. The van der Waals surface area contributed by atoms with E-state index >= 15 is 0 Å². The maximum absolute atomic E-state index is 11.6. The second-order valence-electron chi connectivity index (χ2n) is 3.76. The molecule has 1 aliphatic heterocycles. The zero-order chi connectivity index (χ0) is 11.7. The number of carbonyl (C=O) groups is 1. The maximum Gasteiger partial charge on any atom is 0.342 e. The number of esters is 1. The molecular formula is C14H10O3. The molecule has 0 saturated heterocycles. The molecule has 0 amide bonds. The van der Waals surface area contributed by atoms with Crippen molar-refractivity contribution >= 4 is 5.97 Å². The lowest BCUT2D eigenvalue weighted by atomic mass is 10.1. The standard InChI is InChI=1S/C14H10O3/c15-13-11-8-4-5-9-12(11)14(17-13)16-10-6-2-1-3-7-10/h1-9,14H. The molecule has 1 aliphatic rings. The van der Waals surface area contributed by atoms with Gasteiger partial charge in [0.2, 0.25) is 0 Å². The number of fused-ring (bicyclic) bond motifs is 1. The van der Waals surface area contributed by atoms with E-state index in [1.165, 1.54) is 0 Å². The highest BCUT2D eigenvalue weighted by Gasteiger charge is 2.31. The number of para-hydroxylation sites is 1. The number of hydrogen-bond donors (Lipinski definition) is 0. The van der Waals surface area contributed by atoms with E-state index in [0.29, 0.717) is 11.3 Å². The summed E-state index contributed by atoms with van der Waals surface area (Å²) < 4.78 is 10.8. The Bertz CT molecular complexity index is 548. The fourth-order valence-corrected chi connectivity index (χ4v) is 1.82.